The van der Waals surface area contributed by atoms with E-state index in [2.05, 4.69) is 19.2 Å². The maximum Gasteiger partial charge on any atom is 0.302 e. The highest BCUT2D eigenvalue weighted by Gasteiger charge is 2.07. The molecule has 0 unspecified atom stereocenters. The van der Waals surface area contributed by atoms with Crippen molar-refractivity contribution in [2.24, 2.45) is 0 Å². The number of esters is 1. The summed E-state index contributed by atoms with van der Waals surface area (Å²) in [7, 11) is -0.822. The molecule has 0 aliphatic heterocycles. The lowest BCUT2D eigenvalue weighted by Crippen LogP contribution is -2.27. The van der Waals surface area contributed by atoms with E-state index in [9.17, 15) is 4.79 Å². The van der Waals surface area contributed by atoms with Crippen LogP contribution in [0.5, 0.6) is 0 Å². The van der Waals surface area contributed by atoms with Crippen LogP contribution >= 0.6 is 0 Å². The standard InChI is InChI=1S/C11H16O2Si/c1-9(12)13-8-10-6-4-5-7-11(10)14(2)3/h4-7,14H,8H2,1-3H3. The SMILES string of the molecule is CC(=O)OCc1ccccc1[SiH](C)C. The Bertz CT molecular complexity index is 321. The molecule has 1 rings (SSSR count). The van der Waals surface area contributed by atoms with Gasteiger partial charge in [0.25, 0.3) is 0 Å². The predicted octanol–water partition coefficient (Wildman–Crippen LogP) is 1.44. The third-order valence-corrected chi connectivity index (χ3v) is 3.92. The fourth-order valence-electron chi connectivity index (χ4n) is 1.41. The zero-order valence-electron chi connectivity index (χ0n) is 8.91. The molecule has 0 amide bonds. The molecule has 3 heteroatoms. The first kappa shape index (κ1) is 11.0. The summed E-state index contributed by atoms with van der Waals surface area (Å²) in [6.07, 6.45) is 0. The van der Waals surface area contributed by atoms with Crippen LogP contribution < -0.4 is 5.19 Å². The van der Waals surface area contributed by atoms with Crippen LogP contribution in [0.1, 0.15) is 12.5 Å². The molecule has 1 aromatic carbocycles. The highest BCUT2D eigenvalue weighted by molar-refractivity contribution is 6.71. The minimum Gasteiger partial charge on any atom is -0.461 e. The first-order valence-electron chi connectivity index (χ1n) is 4.82. The maximum absolute atomic E-state index is 10.7. The maximum atomic E-state index is 10.7. The molecule has 0 heterocycles. The molecule has 0 saturated heterocycles. The monoisotopic (exact) mass is 208 g/mol. The van der Waals surface area contributed by atoms with Gasteiger partial charge < -0.3 is 4.74 Å². The first-order chi connectivity index (χ1) is 6.61. The molecular formula is C11H16O2Si. The first-order valence-corrected chi connectivity index (χ1v) is 7.71. The van der Waals surface area contributed by atoms with Gasteiger partial charge in [-0.2, -0.15) is 0 Å². The lowest BCUT2D eigenvalue weighted by molar-refractivity contribution is -0.142. The molecule has 0 N–H and O–H groups in total. The van der Waals surface area contributed by atoms with E-state index in [1.54, 1.807) is 0 Å². The molecule has 0 aromatic heterocycles. The van der Waals surface area contributed by atoms with E-state index in [4.69, 9.17) is 4.74 Å². The predicted molar refractivity (Wildman–Crippen MR) is 60.4 cm³/mol. The smallest absolute Gasteiger partial charge is 0.302 e. The molecule has 0 spiro atoms. The number of ether oxygens (including phenoxy) is 1. The van der Waals surface area contributed by atoms with Crippen LogP contribution in [0.3, 0.4) is 0 Å². The third kappa shape index (κ3) is 2.99. The largest absolute Gasteiger partial charge is 0.461 e. The van der Waals surface area contributed by atoms with E-state index in [0.29, 0.717) is 6.61 Å². The quantitative estimate of drug-likeness (QED) is 0.555. The minimum absolute atomic E-state index is 0.217. The van der Waals surface area contributed by atoms with Gasteiger partial charge in [0.1, 0.15) is 6.61 Å². The van der Waals surface area contributed by atoms with Gasteiger partial charge in [-0.3, -0.25) is 4.79 Å². The van der Waals surface area contributed by atoms with Crippen LogP contribution in [0.4, 0.5) is 0 Å². The van der Waals surface area contributed by atoms with Gasteiger partial charge in [-0.1, -0.05) is 42.5 Å². The third-order valence-electron chi connectivity index (χ3n) is 2.11. The van der Waals surface area contributed by atoms with Crippen molar-refractivity contribution in [3.8, 4) is 0 Å². The Morgan fingerprint density at radius 3 is 2.57 bits per heavy atom. The van der Waals surface area contributed by atoms with E-state index >= 15 is 0 Å². The molecule has 0 fully saturated rings. The Labute approximate surface area is 86.5 Å². The van der Waals surface area contributed by atoms with Crippen molar-refractivity contribution in [3.05, 3.63) is 29.8 Å². The molecular weight excluding hydrogens is 192 g/mol. The molecule has 0 saturated carbocycles. The number of benzene rings is 1. The van der Waals surface area contributed by atoms with E-state index < -0.39 is 8.80 Å². The van der Waals surface area contributed by atoms with E-state index in [0.717, 1.165) is 5.56 Å². The number of carbonyl (C=O) groups excluding carboxylic acids is 1. The van der Waals surface area contributed by atoms with Gasteiger partial charge in [0.05, 0.1) is 8.80 Å². The number of rotatable bonds is 3. The van der Waals surface area contributed by atoms with Crippen LogP contribution in [0.15, 0.2) is 24.3 Å². The summed E-state index contributed by atoms with van der Waals surface area (Å²) in [5.74, 6) is -0.217. The van der Waals surface area contributed by atoms with Crippen molar-refractivity contribution in [1.82, 2.24) is 0 Å². The van der Waals surface area contributed by atoms with Crippen molar-refractivity contribution >= 4 is 20.0 Å². The Hall–Kier alpha value is -1.09. The van der Waals surface area contributed by atoms with Crippen LogP contribution in [0.25, 0.3) is 0 Å². The van der Waals surface area contributed by atoms with Crippen molar-refractivity contribution in [1.29, 1.82) is 0 Å². The van der Waals surface area contributed by atoms with Crippen LogP contribution in [-0.2, 0) is 16.1 Å². The number of hydrogen-bond acceptors (Lipinski definition) is 2. The molecule has 0 radical (unpaired) electrons. The van der Waals surface area contributed by atoms with Crippen molar-refractivity contribution in [2.45, 2.75) is 26.6 Å². The summed E-state index contributed by atoms with van der Waals surface area (Å²) in [6.45, 7) is 6.39. The average Bonchev–Trinajstić information content (AvgIpc) is 2.15. The summed E-state index contributed by atoms with van der Waals surface area (Å²) in [5.41, 5.74) is 1.16. The average molecular weight is 208 g/mol. The second-order valence-electron chi connectivity index (χ2n) is 3.63. The fraction of sp³-hybridized carbons (Fsp3) is 0.364. The second-order valence-corrected chi connectivity index (χ2v) is 6.57. The minimum atomic E-state index is -0.822. The second kappa shape index (κ2) is 4.96. The van der Waals surface area contributed by atoms with Crippen molar-refractivity contribution in [3.63, 3.8) is 0 Å². The lowest BCUT2D eigenvalue weighted by Gasteiger charge is -2.11. The molecule has 0 aliphatic rings. The lowest BCUT2D eigenvalue weighted by atomic mass is 10.2. The van der Waals surface area contributed by atoms with E-state index in [1.165, 1.54) is 12.1 Å². The van der Waals surface area contributed by atoms with Gasteiger partial charge in [-0.05, 0) is 5.56 Å². The van der Waals surface area contributed by atoms with Crippen molar-refractivity contribution in [2.75, 3.05) is 0 Å². The zero-order valence-corrected chi connectivity index (χ0v) is 10.1. The zero-order chi connectivity index (χ0) is 10.6. The summed E-state index contributed by atoms with van der Waals surface area (Å²) in [6, 6.07) is 8.19. The number of hydrogen-bond donors (Lipinski definition) is 0. The molecule has 76 valence electrons. The van der Waals surface area contributed by atoms with Gasteiger partial charge >= 0.3 is 5.97 Å². The molecule has 2 nitrogen and oxygen atoms in total. The summed E-state index contributed by atoms with van der Waals surface area (Å²) in [4.78, 5) is 10.7. The normalized spacial score (nSPS) is 10.3. The van der Waals surface area contributed by atoms with E-state index in [1.807, 2.05) is 18.2 Å². The summed E-state index contributed by atoms with van der Waals surface area (Å²) >= 11 is 0. The Morgan fingerprint density at radius 1 is 1.36 bits per heavy atom. The van der Waals surface area contributed by atoms with Crippen LogP contribution in [0, 0.1) is 0 Å². The molecule has 0 atom stereocenters. The molecule has 0 bridgehead atoms. The van der Waals surface area contributed by atoms with Crippen LogP contribution in [0.2, 0.25) is 13.1 Å². The Kier molecular flexibility index (Phi) is 3.89. The highest BCUT2D eigenvalue weighted by atomic mass is 28.3. The summed E-state index contributed by atoms with van der Waals surface area (Å²) < 4.78 is 5.00. The van der Waals surface area contributed by atoms with Gasteiger partial charge in [-0.25, -0.2) is 0 Å². The Balaban J connectivity index is 2.79. The fourth-order valence-corrected chi connectivity index (χ4v) is 2.83. The van der Waals surface area contributed by atoms with Gasteiger partial charge in [0, 0.05) is 6.92 Å². The number of carbonyl (C=O) groups is 1. The Morgan fingerprint density at radius 2 is 2.00 bits per heavy atom. The molecule has 14 heavy (non-hydrogen) atoms. The highest BCUT2D eigenvalue weighted by Crippen LogP contribution is 2.01. The van der Waals surface area contributed by atoms with Crippen LogP contribution in [-0.4, -0.2) is 14.8 Å². The van der Waals surface area contributed by atoms with E-state index in [-0.39, 0.29) is 5.97 Å². The van der Waals surface area contributed by atoms with Crippen molar-refractivity contribution < 1.29 is 9.53 Å². The van der Waals surface area contributed by atoms with Gasteiger partial charge in [0.15, 0.2) is 0 Å². The molecule has 1 aromatic rings. The molecule has 0 aliphatic carbocycles. The topological polar surface area (TPSA) is 26.3 Å². The summed E-state index contributed by atoms with van der Waals surface area (Å²) in [5, 5.41) is 1.38. The van der Waals surface area contributed by atoms with Gasteiger partial charge in [-0.15, -0.1) is 0 Å². The van der Waals surface area contributed by atoms with Gasteiger partial charge in [0.2, 0.25) is 0 Å².